The number of hydrogen-bond acceptors (Lipinski definition) is 4. The van der Waals surface area contributed by atoms with Gasteiger partial charge in [0.25, 0.3) is 5.91 Å². The van der Waals surface area contributed by atoms with Crippen molar-refractivity contribution < 1.29 is 22.3 Å². The van der Waals surface area contributed by atoms with Gasteiger partial charge in [-0.1, -0.05) is 0 Å². The first-order valence-corrected chi connectivity index (χ1v) is 7.90. The highest BCUT2D eigenvalue weighted by Crippen LogP contribution is 2.28. The topological polar surface area (TPSA) is 75.7 Å². The largest absolute Gasteiger partial charge is 0.383 e. The number of hydrogen-bond donors (Lipinski definition) is 1. The zero-order valence-corrected chi connectivity index (χ0v) is 12.1. The van der Waals surface area contributed by atoms with Crippen LogP contribution in [0.15, 0.2) is 0 Å². The second-order valence-electron chi connectivity index (χ2n) is 4.51. The normalized spacial score (nSPS) is 20.2. The van der Waals surface area contributed by atoms with Crippen LogP contribution in [0.3, 0.4) is 0 Å². The molecule has 0 spiro atoms. The maximum absolute atomic E-state index is 14.4. The molecule has 6 nitrogen and oxygen atoms in total. The van der Waals surface area contributed by atoms with Crippen molar-refractivity contribution in [2.45, 2.75) is 25.4 Å². The molecule has 1 aliphatic heterocycles. The van der Waals surface area contributed by atoms with Gasteiger partial charge in [0.05, 0.1) is 12.4 Å². The lowest BCUT2D eigenvalue weighted by atomic mass is 9.93. The number of methoxy groups -OCH3 is 1. The Morgan fingerprint density at radius 3 is 2.47 bits per heavy atom. The highest BCUT2D eigenvalue weighted by atomic mass is 32.2. The first-order chi connectivity index (χ1) is 8.85. The summed E-state index contributed by atoms with van der Waals surface area (Å²) < 4.78 is 43.7. The molecule has 1 saturated heterocycles. The van der Waals surface area contributed by atoms with Crippen LogP contribution < -0.4 is 5.32 Å². The summed E-state index contributed by atoms with van der Waals surface area (Å²) in [6.45, 7) is 2.20. The molecule has 0 unspecified atom stereocenters. The summed E-state index contributed by atoms with van der Waals surface area (Å²) in [6.07, 6.45) is -0.212. The first-order valence-electron chi connectivity index (χ1n) is 6.29. The van der Waals surface area contributed by atoms with Crippen LogP contribution in [0.2, 0.25) is 0 Å². The minimum absolute atomic E-state index is 0.00762. The number of amides is 1. The molecule has 0 aromatic carbocycles. The molecule has 0 aliphatic carbocycles. The Bertz CT molecular complexity index is 405. The number of alkyl halides is 1. The Morgan fingerprint density at radius 1 is 1.42 bits per heavy atom. The number of ether oxygens (including phenoxy) is 1. The molecule has 1 amide bonds. The average molecular weight is 296 g/mol. The number of piperidine rings is 1. The Labute approximate surface area is 113 Å². The summed E-state index contributed by atoms with van der Waals surface area (Å²) in [6, 6.07) is 0. The molecule has 1 fully saturated rings. The molecular formula is C11H21FN2O4S. The lowest BCUT2D eigenvalue weighted by molar-refractivity contribution is -0.135. The Kier molecular flexibility index (Phi) is 5.69. The van der Waals surface area contributed by atoms with E-state index in [1.807, 2.05) is 0 Å². The molecule has 1 N–H and O–H groups in total. The van der Waals surface area contributed by atoms with Crippen LogP contribution in [0.25, 0.3) is 0 Å². The van der Waals surface area contributed by atoms with E-state index in [0.29, 0.717) is 6.61 Å². The number of sulfonamides is 1. The maximum Gasteiger partial charge on any atom is 0.257 e. The Balaban J connectivity index is 2.53. The number of rotatable bonds is 6. The van der Waals surface area contributed by atoms with Gasteiger partial charge < -0.3 is 10.1 Å². The van der Waals surface area contributed by atoms with E-state index in [0.717, 1.165) is 0 Å². The third-order valence-electron chi connectivity index (χ3n) is 3.27. The fraction of sp³-hybridized carbons (Fsp3) is 0.909. The standard InChI is InChI=1S/C11H21FN2O4S/c1-3-19(16,17)14-7-4-11(12,5-8-14)10(15)13-6-9-18-2/h3-9H2,1-2H3,(H,13,15). The SMILES string of the molecule is CCS(=O)(=O)N1CCC(F)(C(=O)NCCOC)CC1. The zero-order chi connectivity index (χ0) is 14.5. The highest BCUT2D eigenvalue weighted by molar-refractivity contribution is 7.89. The molecule has 19 heavy (non-hydrogen) atoms. The molecule has 0 radical (unpaired) electrons. The van der Waals surface area contributed by atoms with Gasteiger partial charge in [0.15, 0.2) is 5.67 Å². The summed E-state index contributed by atoms with van der Waals surface area (Å²) in [5, 5.41) is 2.45. The van der Waals surface area contributed by atoms with Crippen molar-refractivity contribution in [2.75, 3.05) is 39.1 Å². The molecular weight excluding hydrogens is 275 g/mol. The Hall–Kier alpha value is -0.730. The summed E-state index contributed by atoms with van der Waals surface area (Å²) in [7, 11) is -1.81. The van der Waals surface area contributed by atoms with Crippen molar-refractivity contribution in [3.63, 3.8) is 0 Å². The predicted molar refractivity (Wildman–Crippen MR) is 69.0 cm³/mol. The predicted octanol–water partition coefficient (Wildman–Crippen LogP) is -0.0972. The van der Waals surface area contributed by atoms with Gasteiger partial charge in [-0.25, -0.2) is 17.1 Å². The second-order valence-corrected chi connectivity index (χ2v) is 6.77. The first kappa shape index (κ1) is 16.3. The minimum atomic E-state index is -3.30. The van der Waals surface area contributed by atoms with Gasteiger partial charge in [0, 0.05) is 39.6 Å². The summed E-state index contributed by atoms with van der Waals surface area (Å²) in [5.74, 6) is -0.690. The lowest BCUT2D eigenvalue weighted by Gasteiger charge is -2.34. The zero-order valence-electron chi connectivity index (χ0n) is 11.3. The molecule has 0 aromatic rings. The van der Waals surface area contributed by atoms with Crippen LogP contribution in [0.1, 0.15) is 19.8 Å². The molecule has 0 bridgehead atoms. The van der Waals surface area contributed by atoms with Crippen molar-refractivity contribution in [3.8, 4) is 0 Å². The fourth-order valence-electron chi connectivity index (χ4n) is 1.95. The molecule has 112 valence electrons. The third kappa shape index (κ3) is 4.12. The lowest BCUT2D eigenvalue weighted by Crippen LogP contribution is -2.52. The summed E-state index contributed by atoms with van der Waals surface area (Å²) >= 11 is 0. The van der Waals surface area contributed by atoms with E-state index in [1.54, 1.807) is 6.92 Å². The van der Waals surface area contributed by atoms with Crippen molar-refractivity contribution in [3.05, 3.63) is 0 Å². The Morgan fingerprint density at radius 2 is 2.00 bits per heavy atom. The molecule has 0 saturated carbocycles. The molecule has 0 aromatic heterocycles. The number of nitrogens with one attached hydrogen (secondary N) is 1. The van der Waals surface area contributed by atoms with E-state index in [9.17, 15) is 17.6 Å². The van der Waals surface area contributed by atoms with Crippen LogP contribution >= 0.6 is 0 Å². The maximum atomic E-state index is 14.4. The van der Waals surface area contributed by atoms with Gasteiger partial charge in [-0.3, -0.25) is 4.79 Å². The van der Waals surface area contributed by atoms with Gasteiger partial charge >= 0.3 is 0 Å². The number of carbonyl (C=O) groups excluding carboxylic acids is 1. The molecule has 1 aliphatic rings. The van der Waals surface area contributed by atoms with Crippen LogP contribution in [0, 0.1) is 0 Å². The third-order valence-corrected chi connectivity index (χ3v) is 5.15. The van der Waals surface area contributed by atoms with Crippen LogP contribution in [-0.4, -0.2) is 63.4 Å². The van der Waals surface area contributed by atoms with E-state index in [1.165, 1.54) is 11.4 Å². The second kappa shape index (κ2) is 6.62. The molecule has 0 atom stereocenters. The van der Waals surface area contributed by atoms with Gasteiger partial charge in [-0.2, -0.15) is 0 Å². The van der Waals surface area contributed by atoms with Gasteiger partial charge in [0.1, 0.15) is 0 Å². The van der Waals surface area contributed by atoms with Crippen LogP contribution in [0.5, 0.6) is 0 Å². The van der Waals surface area contributed by atoms with Crippen molar-refractivity contribution in [1.29, 1.82) is 0 Å². The smallest absolute Gasteiger partial charge is 0.257 e. The van der Waals surface area contributed by atoms with Gasteiger partial charge in [-0.05, 0) is 6.92 Å². The van der Waals surface area contributed by atoms with E-state index in [4.69, 9.17) is 4.74 Å². The van der Waals surface area contributed by atoms with E-state index in [-0.39, 0.29) is 38.2 Å². The molecule has 1 heterocycles. The quantitative estimate of drug-likeness (QED) is 0.695. The van der Waals surface area contributed by atoms with Crippen LogP contribution in [-0.2, 0) is 19.6 Å². The minimum Gasteiger partial charge on any atom is -0.383 e. The highest BCUT2D eigenvalue weighted by Gasteiger charge is 2.43. The molecule has 1 rings (SSSR count). The van der Waals surface area contributed by atoms with Crippen molar-refractivity contribution in [2.24, 2.45) is 0 Å². The summed E-state index contributed by atoms with van der Waals surface area (Å²) in [4.78, 5) is 11.7. The van der Waals surface area contributed by atoms with E-state index >= 15 is 0 Å². The van der Waals surface area contributed by atoms with Crippen LogP contribution in [0.4, 0.5) is 4.39 Å². The number of halogens is 1. The van der Waals surface area contributed by atoms with Crippen molar-refractivity contribution >= 4 is 15.9 Å². The number of nitrogens with zero attached hydrogens (tertiary/aromatic N) is 1. The molecule has 8 heteroatoms. The van der Waals surface area contributed by atoms with Gasteiger partial charge in [0.2, 0.25) is 10.0 Å². The fourth-order valence-corrected chi connectivity index (χ4v) is 3.06. The summed E-state index contributed by atoms with van der Waals surface area (Å²) in [5.41, 5.74) is -1.98. The number of carbonyl (C=O) groups is 1. The van der Waals surface area contributed by atoms with Crippen molar-refractivity contribution in [1.82, 2.24) is 9.62 Å². The van der Waals surface area contributed by atoms with Gasteiger partial charge in [-0.15, -0.1) is 0 Å². The average Bonchev–Trinajstić information content (AvgIpc) is 2.39. The van der Waals surface area contributed by atoms with E-state index < -0.39 is 21.6 Å². The monoisotopic (exact) mass is 296 g/mol. The van der Waals surface area contributed by atoms with E-state index in [2.05, 4.69) is 5.32 Å².